The average Bonchev–Trinajstić information content (AvgIpc) is 3.18. The van der Waals surface area contributed by atoms with Crippen LogP contribution in [0.3, 0.4) is 0 Å². The number of benzene rings is 3. The number of pyridine rings is 1. The molecule has 35 heavy (non-hydrogen) atoms. The molecule has 2 aliphatic heterocycles. The summed E-state index contributed by atoms with van der Waals surface area (Å²) in [6.45, 7) is 0. The standard InChI is InChI=1S/C28H19NO6/c1-33-21-9-5-3-7-16(21)13-23-26(31)17-10-11-22-25(27(17)35-23)18(14-24(30)34-22)19-12-15-6-2-4-8-20(15)29-28(19)32/h2-13,18H,14H2,1H3,(H,29,32)/b23-13-. The summed E-state index contributed by atoms with van der Waals surface area (Å²) in [4.78, 5) is 41.6. The summed E-state index contributed by atoms with van der Waals surface area (Å²) in [5.74, 6) is -0.0682. The first-order valence-corrected chi connectivity index (χ1v) is 11.1. The summed E-state index contributed by atoms with van der Waals surface area (Å²) < 4.78 is 17.0. The van der Waals surface area contributed by atoms with E-state index in [0.717, 1.165) is 5.39 Å². The van der Waals surface area contributed by atoms with Crippen LogP contribution in [0.15, 0.2) is 77.3 Å². The number of methoxy groups -OCH3 is 1. The van der Waals surface area contributed by atoms with Crippen molar-refractivity contribution in [1.82, 2.24) is 4.98 Å². The quantitative estimate of drug-likeness (QED) is 0.270. The van der Waals surface area contributed by atoms with Crippen molar-refractivity contribution in [3.63, 3.8) is 0 Å². The van der Waals surface area contributed by atoms with Crippen LogP contribution in [0.5, 0.6) is 17.2 Å². The van der Waals surface area contributed by atoms with Gasteiger partial charge in [-0.25, -0.2) is 0 Å². The zero-order valence-corrected chi connectivity index (χ0v) is 18.7. The number of para-hydroxylation sites is 2. The number of hydrogen-bond donors (Lipinski definition) is 1. The highest BCUT2D eigenvalue weighted by Gasteiger charge is 2.39. The number of nitrogens with one attached hydrogen (secondary N) is 1. The van der Waals surface area contributed by atoms with Gasteiger partial charge in [0.15, 0.2) is 5.76 Å². The molecule has 0 spiro atoms. The van der Waals surface area contributed by atoms with Crippen molar-refractivity contribution in [2.75, 3.05) is 7.11 Å². The summed E-state index contributed by atoms with van der Waals surface area (Å²) in [6, 6.07) is 19.7. The molecular weight excluding hydrogens is 446 g/mol. The van der Waals surface area contributed by atoms with Gasteiger partial charge in [0.25, 0.3) is 5.56 Å². The van der Waals surface area contributed by atoms with Crippen LogP contribution in [-0.2, 0) is 4.79 Å². The second-order valence-electron chi connectivity index (χ2n) is 8.41. The van der Waals surface area contributed by atoms with Crippen LogP contribution in [0.4, 0.5) is 0 Å². The number of H-pyrrole nitrogens is 1. The lowest BCUT2D eigenvalue weighted by Gasteiger charge is -2.26. The van der Waals surface area contributed by atoms with E-state index in [1.165, 1.54) is 0 Å². The normalized spacial score (nSPS) is 17.6. The average molecular weight is 465 g/mol. The predicted molar refractivity (Wildman–Crippen MR) is 129 cm³/mol. The molecule has 1 aromatic heterocycles. The molecule has 172 valence electrons. The minimum Gasteiger partial charge on any atom is -0.496 e. The largest absolute Gasteiger partial charge is 0.496 e. The second kappa shape index (κ2) is 7.99. The Bertz CT molecular complexity index is 1630. The number of Topliss-reactive ketones (excluding diaryl/α,β-unsaturated/α-hetero) is 1. The monoisotopic (exact) mass is 465 g/mol. The topological polar surface area (TPSA) is 94.7 Å². The van der Waals surface area contributed by atoms with Gasteiger partial charge in [0, 0.05) is 28.1 Å². The SMILES string of the molecule is COc1ccccc1/C=C1\Oc2c(ccc3c2C(c2cc4ccccc4[nH]c2=O)CC(=O)O3)C1=O. The Morgan fingerprint density at radius 1 is 0.971 bits per heavy atom. The maximum absolute atomic E-state index is 13.2. The zero-order chi connectivity index (χ0) is 24.1. The number of aromatic amines is 1. The first-order chi connectivity index (χ1) is 17.0. The molecule has 1 unspecified atom stereocenters. The third kappa shape index (κ3) is 3.40. The third-order valence-corrected chi connectivity index (χ3v) is 6.36. The van der Waals surface area contributed by atoms with Gasteiger partial charge in [0.1, 0.15) is 17.2 Å². The van der Waals surface area contributed by atoms with Crippen molar-refractivity contribution < 1.29 is 23.8 Å². The number of carbonyl (C=O) groups excluding carboxylic acids is 2. The first kappa shape index (κ1) is 20.9. The molecule has 0 aliphatic carbocycles. The van der Waals surface area contributed by atoms with Crippen LogP contribution in [0.1, 0.15) is 39.4 Å². The van der Waals surface area contributed by atoms with Gasteiger partial charge in [0.05, 0.1) is 19.1 Å². The molecule has 0 saturated heterocycles. The number of aromatic nitrogens is 1. The highest BCUT2D eigenvalue weighted by Crippen LogP contribution is 2.48. The van der Waals surface area contributed by atoms with Crippen molar-refractivity contribution >= 4 is 28.7 Å². The molecule has 1 atom stereocenters. The molecule has 2 aliphatic rings. The number of ether oxygens (including phenoxy) is 3. The number of ketones is 1. The van der Waals surface area contributed by atoms with Gasteiger partial charge >= 0.3 is 5.97 Å². The van der Waals surface area contributed by atoms with Gasteiger partial charge in [-0.1, -0.05) is 36.4 Å². The van der Waals surface area contributed by atoms with Crippen molar-refractivity contribution in [2.45, 2.75) is 12.3 Å². The molecule has 3 heterocycles. The molecule has 4 aromatic rings. The van der Waals surface area contributed by atoms with E-state index >= 15 is 0 Å². The van der Waals surface area contributed by atoms with E-state index in [2.05, 4.69) is 4.98 Å². The van der Waals surface area contributed by atoms with Crippen LogP contribution in [0.2, 0.25) is 0 Å². The van der Waals surface area contributed by atoms with E-state index in [-0.39, 0.29) is 29.3 Å². The summed E-state index contributed by atoms with van der Waals surface area (Å²) >= 11 is 0. The Labute approximate surface area is 199 Å². The van der Waals surface area contributed by atoms with Gasteiger partial charge in [-0.15, -0.1) is 0 Å². The van der Waals surface area contributed by atoms with Crippen LogP contribution in [0.25, 0.3) is 17.0 Å². The molecule has 1 N–H and O–H groups in total. The fourth-order valence-electron chi connectivity index (χ4n) is 4.72. The fraction of sp³-hybridized carbons (Fsp3) is 0.107. The number of rotatable bonds is 3. The Morgan fingerprint density at radius 2 is 1.77 bits per heavy atom. The highest BCUT2D eigenvalue weighted by atomic mass is 16.5. The molecule has 0 bridgehead atoms. The lowest BCUT2D eigenvalue weighted by atomic mass is 9.85. The molecule has 0 saturated carbocycles. The number of esters is 1. The van der Waals surface area contributed by atoms with E-state index in [1.54, 1.807) is 37.5 Å². The summed E-state index contributed by atoms with van der Waals surface area (Å²) in [5, 5.41) is 0.837. The molecule has 0 radical (unpaired) electrons. The fourth-order valence-corrected chi connectivity index (χ4v) is 4.72. The summed E-state index contributed by atoms with van der Waals surface area (Å²) in [6.07, 6.45) is 1.58. The number of fused-ring (bicyclic) bond motifs is 4. The van der Waals surface area contributed by atoms with Crippen LogP contribution >= 0.6 is 0 Å². The van der Waals surface area contributed by atoms with Gasteiger partial charge in [-0.2, -0.15) is 0 Å². The van der Waals surface area contributed by atoms with Crippen LogP contribution in [0, 0.1) is 0 Å². The second-order valence-corrected chi connectivity index (χ2v) is 8.41. The Balaban J connectivity index is 1.50. The van der Waals surface area contributed by atoms with E-state index in [9.17, 15) is 14.4 Å². The lowest BCUT2D eigenvalue weighted by molar-refractivity contribution is -0.135. The zero-order valence-electron chi connectivity index (χ0n) is 18.7. The molecule has 0 fully saturated rings. The van der Waals surface area contributed by atoms with Gasteiger partial charge in [-0.05, 0) is 41.8 Å². The minimum absolute atomic E-state index is 0.0476. The highest BCUT2D eigenvalue weighted by molar-refractivity contribution is 6.15. The van der Waals surface area contributed by atoms with Gasteiger partial charge < -0.3 is 19.2 Å². The summed E-state index contributed by atoms with van der Waals surface area (Å²) in [5.41, 5.74) is 2.36. The van der Waals surface area contributed by atoms with Crippen molar-refractivity contribution in [3.05, 3.63) is 105 Å². The van der Waals surface area contributed by atoms with Crippen LogP contribution in [-0.4, -0.2) is 23.8 Å². The smallest absolute Gasteiger partial charge is 0.312 e. The van der Waals surface area contributed by atoms with Crippen molar-refractivity contribution in [1.29, 1.82) is 0 Å². The number of carbonyl (C=O) groups is 2. The Kier molecular flexibility index (Phi) is 4.77. The molecule has 7 nitrogen and oxygen atoms in total. The lowest BCUT2D eigenvalue weighted by Crippen LogP contribution is -2.26. The molecule has 3 aromatic carbocycles. The Morgan fingerprint density at radius 3 is 2.63 bits per heavy atom. The number of allylic oxidation sites excluding steroid dienone is 1. The maximum atomic E-state index is 13.2. The van der Waals surface area contributed by atoms with E-state index in [4.69, 9.17) is 14.2 Å². The third-order valence-electron chi connectivity index (χ3n) is 6.36. The Hall–Kier alpha value is -4.65. The van der Waals surface area contributed by atoms with Gasteiger partial charge in [0.2, 0.25) is 5.78 Å². The predicted octanol–water partition coefficient (Wildman–Crippen LogP) is 4.59. The van der Waals surface area contributed by atoms with Crippen molar-refractivity contribution in [2.24, 2.45) is 0 Å². The van der Waals surface area contributed by atoms with E-state index < -0.39 is 11.9 Å². The number of hydrogen-bond acceptors (Lipinski definition) is 6. The van der Waals surface area contributed by atoms with Crippen LogP contribution < -0.4 is 19.8 Å². The van der Waals surface area contributed by atoms with E-state index in [1.807, 2.05) is 42.5 Å². The molecule has 0 amide bonds. The van der Waals surface area contributed by atoms with E-state index in [0.29, 0.717) is 39.3 Å². The molecular formula is C28H19NO6. The first-order valence-electron chi connectivity index (χ1n) is 11.1. The maximum Gasteiger partial charge on any atom is 0.312 e. The van der Waals surface area contributed by atoms with Gasteiger partial charge in [-0.3, -0.25) is 14.4 Å². The van der Waals surface area contributed by atoms with Crippen molar-refractivity contribution in [3.8, 4) is 17.2 Å². The summed E-state index contributed by atoms with van der Waals surface area (Å²) in [7, 11) is 1.56. The molecule has 6 rings (SSSR count). The minimum atomic E-state index is -0.632. The molecule has 7 heteroatoms.